The summed E-state index contributed by atoms with van der Waals surface area (Å²) in [6.45, 7) is 5.21. The second-order valence-corrected chi connectivity index (χ2v) is 6.18. The summed E-state index contributed by atoms with van der Waals surface area (Å²) >= 11 is 0. The Morgan fingerprint density at radius 3 is 2.36 bits per heavy atom. The van der Waals surface area contributed by atoms with E-state index in [0.29, 0.717) is 0 Å². The second kappa shape index (κ2) is 6.89. The minimum Gasteiger partial charge on any atom is -0.303 e. The van der Waals surface area contributed by atoms with Crippen LogP contribution in [-0.2, 0) is 0 Å². The van der Waals surface area contributed by atoms with Gasteiger partial charge in [0.2, 0.25) is 0 Å². The van der Waals surface area contributed by atoms with Gasteiger partial charge in [-0.05, 0) is 37.1 Å². The zero-order chi connectivity index (χ0) is 15.4. The van der Waals surface area contributed by atoms with Crippen molar-refractivity contribution in [1.29, 1.82) is 0 Å². The average Bonchev–Trinajstić information content (AvgIpc) is 3.08. The molecule has 2 heteroatoms. The Morgan fingerprint density at radius 1 is 1.00 bits per heavy atom. The van der Waals surface area contributed by atoms with Gasteiger partial charge in [0.05, 0.1) is 0 Å². The number of likely N-dealkylation sites (tertiary alicyclic amines) is 1. The first-order valence-corrected chi connectivity index (χ1v) is 8.17. The highest BCUT2D eigenvalue weighted by Gasteiger charge is 2.22. The first-order chi connectivity index (χ1) is 10.8. The van der Waals surface area contributed by atoms with Gasteiger partial charge in [0, 0.05) is 18.0 Å². The van der Waals surface area contributed by atoms with Crippen molar-refractivity contribution in [2.24, 2.45) is 5.92 Å². The molecule has 0 spiro atoms. The molecule has 1 aliphatic rings. The number of nitrogens with zero attached hydrogens (tertiary/aromatic N) is 1. The Hall–Kier alpha value is -1.93. The Labute approximate surface area is 132 Å². The number of carbonyl (C=O) groups excluding carboxylic acids is 1. The van der Waals surface area contributed by atoms with Crippen LogP contribution in [0.4, 0.5) is 0 Å². The van der Waals surface area contributed by atoms with Gasteiger partial charge in [-0.25, -0.2) is 0 Å². The van der Waals surface area contributed by atoms with Crippen LogP contribution in [0.5, 0.6) is 0 Å². The lowest BCUT2D eigenvalue weighted by Gasteiger charge is -2.20. The summed E-state index contributed by atoms with van der Waals surface area (Å²) in [5.74, 6) is 0.300. The fraction of sp³-hybridized carbons (Fsp3) is 0.350. The third-order valence-electron chi connectivity index (χ3n) is 4.46. The van der Waals surface area contributed by atoms with Crippen molar-refractivity contribution in [2.75, 3.05) is 19.6 Å². The summed E-state index contributed by atoms with van der Waals surface area (Å²) < 4.78 is 0. The van der Waals surface area contributed by atoms with Gasteiger partial charge >= 0.3 is 0 Å². The van der Waals surface area contributed by atoms with E-state index in [9.17, 15) is 4.79 Å². The molecule has 1 unspecified atom stereocenters. The molecule has 1 atom stereocenters. The lowest BCUT2D eigenvalue weighted by atomic mass is 9.91. The topological polar surface area (TPSA) is 20.3 Å². The summed E-state index contributed by atoms with van der Waals surface area (Å²) in [6.07, 6.45) is 2.53. The zero-order valence-electron chi connectivity index (χ0n) is 13.2. The lowest BCUT2D eigenvalue weighted by molar-refractivity contribution is 0.0903. The molecule has 1 aliphatic heterocycles. The summed E-state index contributed by atoms with van der Waals surface area (Å²) in [7, 11) is 0. The van der Waals surface area contributed by atoms with Crippen molar-refractivity contribution >= 4 is 5.78 Å². The van der Waals surface area contributed by atoms with Gasteiger partial charge in [0.1, 0.15) is 0 Å². The molecule has 114 valence electrons. The third-order valence-corrected chi connectivity index (χ3v) is 4.46. The van der Waals surface area contributed by atoms with E-state index >= 15 is 0 Å². The maximum absolute atomic E-state index is 12.9. The highest BCUT2D eigenvalue weighted by atomic mass is 16.1. The Kier molecular flexibility index (Phi) is 4.69. The van der Waals surface area contributed by atoms with Crippen molar-refractivity contribution < 1.29 is 4.79 Å². The van der Waals surface area contributed by atoms with Crippen LogP contribution < -0.4 is 0 Å². The fourth-order valence-corrected chi connectivity index (χ4v) is 3.27. The molecular weight excluding hydrogens is 270 g/mol. The molecule has 0 amide bonds. The molecule has 3 rings (SSSR count). The number of hydrogen-bond acceptors (Lipinski definition) is 2. The van der Waals surface area contributed by atoms with Crippen LogP contribution in [0.1, 0.15) is 30.1 Å². The summed E-state index contributed by atoms with van der Waals surface area (Å²) in [5, 5.41) is 0. The number of Topliss-reactive ketones (excluding diaryl/α,β-unsaturated/α-hetero) is 1. The SMILES string of the molecule is CC(CN1CCCC1)C(=O)c1ccccc1-c1ccccc1. The molecule has 1 saturated heterocycles. The summed E-state index contributed by atoms with van der Waals surface area (Å²) in [4.78, 5) is 15.3. The van der Waals surface area contributed by atoms with E-state index in [2.05, 4.69) is 24.0 Å². The van der Waals surface area contributed by atoms with E-state index in [1.54, 1.807) is 0 Å². The number of rotatable bonds is 5. The van der Waals surface area contributed by atoms with Gasteiger partial charge in [0.25, 0.3) is 0 Å². The molecule has 1 heterocycles. The minimum absolute atomic E-state index is 0.0444. The first-order valence-electron chi connectivity index (χ1n) is 8.17. The maximum atomic E-state index is 12.9. The van der Waals surface area contributed by atoms with E-state index in [1.165, 1.54) is 12.8 Å². The van der Waals surface area contributed by atoms with Crippen LogP contribution in [0.25, 0.3) is 11.1 Å². The van der Waals surface area contributed by atoms with E-state index < -0.39 is 0 Å². The molecule has 0 N–H and O–H groups in total. The van der Waals surface area contributed by atoms with E-state index in [1.807, 2.05) is 42.5 Å². The van der Waals surface area contributed by atoms with E-state index in [4.69, 9.17) is 0 Å². The standard InChI is InChI=1S/C20H23NO/c1-16(15-21-13-7-8-14-21)20(22)19-12-6-5-11-18(19)17-9-3-2-4-10-17/h2-6,9-12,16H,7-8,13-15H2,1H3. The van der Waals surface area contributed by atoms with E-state index in [-0.39, 0.29) is 11.7 Å². The van der Waals surface area contributed by atoms with Crippen LogP contribution in [0.2, 0.25) is 0 Å². The molecule has 2 aromatic rings. The smallest absolute Gasteiger partial charge is 0.167 e. The largest absolute Gasteiger partial charge is 0.303 e. The number of hydrogen-bond donors (Lipinski definition) is 0. The molecule has 0 aliphatic carbocycles. The summed E-state index contributed by atoms with van der Waals surface area (Å²) in [5.41, 5.74) is 3.00. The van der Waals surface area contributed by atoms with Crippen molar-refractivity contribution in [3.8, 4) is 11.1 Å². The van der Waals surface area contributed by atoms with Crippen LogP contribution in [0, 0.1) is 5.92 Å². The van der Waals surface area contributed by atoms with Crippen molar-refractivity contribution in [1.82, 2.24) is 4.90 Å². The predicted molar refractivity (Wildman–Crippen MR) is 91.0 cm³/mol. The highest BCUT2D eigenvalue weighted by Crippen LogP contribution is 2.26. The lowest BCUT2D eigenvalue weighted by Crippen LogP contribution is -2.29. The molecule has 0 saturated carbocycles. The fourth-order valence-electron chi connectivity index (χ4n) is 3.27. The van der Waals surface area contributed by atoms with Crippen LogP contribution in [0.3, 0.4) is 0 Å². The minimum atomic E-state index is 0.0444. The van der Waals surface area contributed by atoms with Gasteiger partial charge in [-0.3, -0.25) is 4.79 Å². The molecular formula is C20H23NO. The Balaban J connectivity index is 1.83. The number of benzene rings is 2. The van der Waals surface area contributed by atoms with Crippen LogP contribution >= 0.6 is 0 Å². The summed E-state index contributed by atoms with van der Waals surface area (Å²) in [6, 6.07) is 18.1. The number of carbonyl (C=O) groups is 1. The van der Waals surface area contributed by atoms with E-state index in [0.717, 1.165) is 36.3 Å². The second-order valence-electron chi connectivity index (χ2n) is 6.18. The molecule has 22 heavy (non-hydrogen) atoms. The highest BCUT2D eigenvalue weighted by molar-refractivity contribution is 6.03. The van der Waals surface area contributed by atoms with Gasteiger partial charge in [-0.1, -0.05) is 61.5 Å². The van der Waals surface area contributed by atoms with Crippen LogP contribution in [-0.4, -0.2) is 30.3 Å². The van der Waals surface area contributed by atoms with Crippen LogP contribution in [0.15, 0.2) is 54.6 Å². The first kappa shape index (κ1) is 15.0. The van der Waals surface area contributed by atoms with Crippen molar-refractivity contribution in [2.45, 2.75) is 19.8 Å². The normalized spacial score (nSPS) is 16.6. The maximum Gasteiger partial charge on any atom is 0.167 e. The predicted octanol–water partition coefficient (Wildman–Crippen LogP) is 4.27. The third kappa shape index (κ3) is 3.28. The monoisotopic (exact) mass is 293 g/mol. The molecule has 2 aromatic carbocycles. The molecule has 0 aromatic heterocycles. The zero-order valence-corrected chi connectivity index (χ0v) is 13.2. The molecule has 0 bridgehead atoms. The molecule has 0 radical (unpaired) electrons. The van der Waals surface area contributed by atoms with Gasteiger partial charge in [-0.2, -0.15) is 0 Å². The Bertz CT molecular complexity index is 629. The average molecular weight is 293 g/mol. The van der Waals surface area contributed by atoms with Gasteiger partial charge in [0.15, 0.2) is 5.78 Å². The molecule has 1 fully saturated rings. The van der Waals surface area contributed by atoms with Gasteiger partial charge < -0.3 is 4.90 Å². The van der Waals surface area contributed by atoms with Crippen molar-refractivity contribution in [3.63, 3.8) is 0 Å². The molecule has 2 nitrogen and oxygen atoms in total. The number of ketones is 1. The quantitative estimate of drug-likeness (QED) is 0.767. The van der Waals surface area contributed by atoms with Crippen molar-refractivity contribution in [3.05, 3.63) is 60.2 Å². The Morgan fingerprint density at radius 2 is 1.64 bits per heavy atom. The van der Waals surface area contributed by atoms with Gasteiger partial charge in [-0.15, -0.1) is 0 Å².